The van der Waals surface area contributed by atoms with Crippen molar-refractivity contribution in [3.8, 4) is 0 Å². The summed E-state index contributed by atoms with van der Waals surface area (Å²) in [7, 11) is -3.21. The fourth-order valence-electron chi connectivity index (χ4n) is 2.92. The average molecular weight is 406 g/mol. The van der Waals surface area contributed by atoms with Gasteiger partial charge in [-0.2, -0.15) is 4.31 Å². The van der Waals surface area contributed by atoms with Crippen molar-refractivity contribution in [3.05, 3.63) is 53.2 Å². The number of rotatable bonds is 5. The summed E-state index contributed by atoms with van der Waals surface area (Å²) >= 11 is 0. The van der Waals surface area contributed by atoms with Gasteiger partial charge < -0.3 is 5.32 Å². The maximum absolute atomic E-state index is 12.6. The summed E-state index contributed by atoms with van der Waals surface area (Å²) in [6, 6.07) is 3.62. The van der Waals surface area contributed by atoms with E-state index in [9.17, 15) is 13.2 Å². The second kappa shape index (κ2) is 8.15. The molecule has 0 spiro atoms. The number of amides is 1. The lowest BCUT2D eigenvalue weighted by Gasteiger charge is -2.25. The van der Waals surface area contributed by atoms with Crippen LogP contribution in [-0.4, -0.2) is 52.4 Å². The highest BCUT2D eigenvalue weighted by atomic mass is 32.2. The lowest BCUT2D eigenvalue weighted by atomic mass is 10.1. The Kier molecular flexibility index (Phi) is 5.85. The first-order valence-corrected chi connectivity index (χ1v) is 10.7. The molecule has 1 amide bonds. The number of hydrogen-bond acceptors (Lipinski definition) is 6. The molecule has 0 saturated carbocycles. The van der Waals surface area contributed by atoms with Gasteiger partial charge in [-0.15, -0.1) is 0 Å². The molecule has 3 heterocycles. The van der Waals surface area contributed by atoms with E-state index < -0.39 is 10.0 Å². The fraction of sp³-hybridized carbons (Fsp3) is 0.368. The van der Waals surface area contributed by atoms with Gasteiger partial charge in [0.15, 0.2) is 0 Å². The topological polar surface area (TPSA) is 105 Å². The lowest BCUT2D eigenvalue weighted by molar-refractivity contribution is 0.102. The van der Waals surface area contributed by atoms with Crippen LogP contribution < -0.4 is 5.32 Å². The Morgan fingerprint density at radius 1 is 1.32 bits per heavy atom. The highest BCUT2D eigenvalue weighted by Gasteiger charge is 2.24. The molecule has 0 saturated heterocycles. The zero-order valence-electron chi connectivity index (χ0n) is 16.1. The Labute approximate surface area is 167 Å². The average Bonchev–Trinajstić information content (AvgIpc) is 2.68. The zero-order chi connectivity index (χ0) is 20.3. The zero-order valence-corrected chi connectivity index (χ0v) is 17.0. The van der Waals surface area contributed by atoms with E-state index in [0.717, 1.165) is 11.1 Å². The molecule has 0 aromatic carbocycles. The van der Waals surface area contributed by atoms with Crippen LogP contribution in [0.2, 0.25) is 0 Å². The minimum atomic E-state index is -3.21. The van der Waals surface area contributed by atoms with E-state index in [1.165, 1.54) is 4.31 Å². The molecule has 0 radical (unpaired) electrons. The molecule has 28 heavy (non-hydrogen) atoms. The van der Waals surface area contributed by atoms with Gasteiger partial charge in [-0.1, -0.05) is 6.08 Å². The molecule has 9 heteroatoms. The van der Waals surface area contributed by atoms with E-state index in [4.69, 9.17) is 0 Å². The summed E-state index contributed by atoms with van der Waals surface area (Å²) in [4.78, 5) is 25.6. The third kappa shape index (κ3) is 4.42. The van der Waals surface area contributed by atoms with Gasteiger partial charge in [0.05, 0.1) is 23.3 Å². The second-order valence-electron chi connectivity index (χ2n) is 6.60. The second-order valence-corrected chi connectivity index (χ2v) is 8.86. The number of anilines is 1. The predicted octanol–water partition coefficient (Wildman–Crippen LogP) is 2.67. The van der Waals surface area contributed by atoms with Crippen molar-refractivity contribution in [2.45, 2.75) is 27.2 Å². The molecule has 0 unspecified atom stereocenters. The van der Waals surface area contributed by atoms with Crippen molar-refractivity contribution >= 4 is 27.3 Å². The summed E-state index contributed by atoms with van der Waals surface area (Å²) in [6.07, 6.45) is 5.60. The first kappa shape index (κ1) is 20.1. The molecule has 0 fully saturated rings. The minimum Gasteiger partial charge on any atom is -0.305 e. The number of nitrogens with one attached hydrogen (secondary N) is 1. The SMILES string of the molecule is CCS(=O)(=O)N1CC=C(c2cnc(C)c(C(=O)Nc3cc(C)ccn3)n2)CC1.[HH].[HH]. The lowest BCUT2D eigenvalue weighted by Crippen LogP contribution is -2.35. The Hall–Kier alpha value is -2.65. The first-order valence-electron chi connectivity index (χ1n) is 9.05. The number of nitrogens with zero attached hydrogens (tertiary/aromatic N) is 4. The van der Waals surface area contributed by atoms with Crippen molar-refractivity contribution in [1.29, 1.82) is 0 Å². The number of sulfonamides is 1. The molecular weight excluding hydrogens is 378 g/mol. The van der Waals surface area contributed by atoms with Gasteiger partial charge in [-0.05, 0) is 50.5 Å². The van der Waals surface area contributed by atoms with E-state index >= 15 is 0 Å². The van der Waals surface area contributed by atoms with Crippen LogP contribution in [0.3, 0.4) is 0 Å². The number of carbonyl (C=O) groups excluding carboxylic acids is 1. The molecule has 1 aliphatic heterocycles. The fourth-order valence-corrected chi connectivity index (χ4v) is 3.95. The summed E-state index contributed by atoms with van der Waals surface area (Å²) in [5, 5.41) is 2.75. The first-order chi connectivity index (χ1) is 13.3. The standard InChI is InChI=1S/C19H23N5O3S.2H2/c1-4-28(26,27)24-9-6-15(7-10-24)16-12-21-14(3)18(22-16)19(25)23-17-11-13(2)5-8-20-17;;/h5-6,8,11-12H,4,7,9-10H2,1-3H3,(H,20,23,25);2*1H. The van der Waals surface area contributed by atoms with Gasteiger partial charge in [0, 0.05) is 22.1 Å². The number of aromatic nitrogens is 3. The molecule has 0 aliphatic carbocycles. The molecule has 1 aliphatic rings. The third-order valence-corrected chi connectivity index (χ3v) is 6.43. The van der Waals surface area contributed by atoms with E-state index in [1.807, 2.05) is 19.1 Å². The molecule has 2 aromatic rings. The molecule has 2 aromatic heterocycles. The third-order valence-electron chi connectivity index (χ3n) is 4.59. The Bertz CT molecular complexity index is 1040. The maximum atomic E-state index is 12.6. The molecule has 0 bridgehead atoms. The molecule has 0 atom stereocenters. The van der Waals surface area contributed by atoms with Gasteiger partial charge in [-0.25, -0.2) is 18.4 Å². The summed E-state index contributed by atoms with van der Waals surface area (Å²) in [5.41, 5.74) is 3.20. The van der Waals surface area contributed by atoms with E-state index in [1.54, 1.807) is 32.3 Å². The number of hydrogen-bond donors (Lipinski definition) is 1. The number of carbonyl (C=O) groups is 1. The number of pyridine rings is 1. The van der Waals surface area contributed by atoms with Gasteiger partial charge in [0.2, 0.25) is 10.0 Å². The van der Waals surface area contributed by atoms with Crippen LogP contribution in [0.1, 0.15) is 43.6 Å². The van der Waals surface area contributed by atoms with Crippen LogP contribution in [0.4, 0.5) is 5.82 Å². The molecule has 1 N–H and O–H groups in total. The molecular formula is C19H27N5O3S. The summed E-state index contributed by atoms with van der Waals surface area (Å²) in [5.74, 6) is 0.156. The van der Waals surface area contributed by atoms with Gasteiger partial charge in [-0.3, -0.25) is 9.78 Å². The van der Waals surface area contributed by atoms with Gasteiger partial charge in [0.25, 0.3) is 5.91 Å². The number of aryl methyl sites for hydroxylation is 2. The highest BCUT2D eigenvalue weighted by molar-refractivity contribution is 7.89. The van der Waals surface area contributed by atoms with Crippen molar-refractivity contribution in [2.75, 3.05) is 24.2 Å². The van der Waals surface area contributed by atoms with Crippen LogP contribution in [0.25, 0.3) is 5.57 Å². The van der Waals surface area contributed by atoms with Gasteiger partial charge >= 0.3 is 0 Å². The van der Waals surface area contributed by atoms with Crippen LogP contribution >= 0.6 is 0 Å². The molecule has 152 valence electrons. The minimum absolute atomic E-state index is 0. The van der Waals surface area contributed by atoms with Crippen LogP contribution in [-0.2, 0) is 10.0 Å². The van der Waals surface area contributed by atoms with Crippen molar-refractivity contribution in [3.63, 3.8) is 0 Å². The Morgan fingerprint density at radius 2 is 2.11 bits per heavy atom. The van der Waals surface area contributed by atoms with Crippen molar-refractivity contribution < 1.29 is 16.1 Å². The largest absolute Gasteiger partial charge is 0.305 e. The Morgan fingerprint density at radius 3 is 2.75 bits per heavy atom. The summed E-state index contributed by atoms with van der Waals surface area (Å²) in [6.45, 7) is 5.97. The maximum Gasteiger partial charge on any atom is 0.277 e. The monoisotopic (exact) mass is 405 g/mol. The predicted molar refractivity (Wildman–Crippen MR) is 112 cm³/mol. The highest BCUT2D eigenvalue weighted by Crippen LogP contribution is 2.23. The normalized spacial score (nSPS) is 15.2. The van der Waals surface area contributed by atoms with Gasteiger partial charge in [0.1, 0.15) is 11.5 Å². The van der Waals surface area contributed by atoms with E-state index in [2.05, 4.69) is 20.3 Å². The molecule has 3 rings (SSSR count). The van der Waals surface area contributed by atoms with Crippen LogP contribution in [0, 0.1) is 13.8 Å². The van der Waals surface area contributed by atoms with E-state index in [0.29, 0.717) is 36.7 Å². The smallest absolute Gasteiger partial charge is 0.277 e. The molecule has 8 nitrogen and oxygen atoms in total. The summed E-state index contributed by atoms with van der Waals surface area (Å²) < 4.78 is 25.4. The van der Waals surface area contributed by atoms with E-state index in [-0.39, 0.29) is 20.2 Å². The van der Waals surface area contributed by atoms with Crippen LogP contribution in [0.5, 0.6) is 0 Å². The van der Waals surface area contributed by atoms with Crippen LogP contribution in [0.15, 0.2) is 30.6 Å². The Balaban J connectivity index is 0.00000225. The quantitative estimate of drug-likeness (QED) is 0.820. The van der Waals surface area contributed by atoms with Crippen molar-refractivity contribution in [1.82, 2.24) is 19.3 Å². The van der Waals surface area contributed by atoms with Crippen molar-refractivity contribution in [2.24, 2.45) is 0 Å².